The number of aliphatic hydroxyl groups excluding tert-OH is 1. The van der Waals surface area contributed by atoms with Crippen LogP contribution in [0.25, 0.3) is 11.4 Å². The third kappa shape index (κ3) is 6.85. The molecule has 2 atom stereocenters. The fourth-order valence-electron chi connectivity index (χ4n) is 3.59. The first-order valence-corrected chi connectivity index (χ1v) is 11.6. The first kappa shape index (κ1) is 29.0. The van der Waals surface area contributed by atoms with Crippen LogP contribution in [-0.4, -0.2) is 50.3 Å². The molecule has 4 N–H and O–H groups in total. The molecule has 38 heavy (non-hydrogen) atoms. The minimum absolute atomic E-state index is 0.218. The number of nitrogens with two attached hydrogens (primary N) is 1. The summed E-state index contributed by atoms with van der Waals surface area (Å²) in [6.45, 7) is -0.818. The van der Waals surface area contributed by atoms with Gasteiger partial charge in [-0.1, -0.05) is 41.4 Å². The molecule has 1 unspecified atom stereocenters. The van der Waals surface area contributed by atoms with Crippen molar-refractivity contribution in [3.63, 3.8) is 0 Å². The molecule has 3 rings (SSSR count). The van der Waals surface area contributed by atoms with Gasteiger partial charge in [-0.05, 0) is 42.8 Å². The van der Waals surface area contributed by atoms with Gasteiger partial charge in [0.1, 0.15) is 13.2 Å². The van der Waals surface area contributed by atoms with Crippen molar-refractivity contribution in [2.24, 2.45) is 5.73 Å². The third-order valence-electron chi connectivity index (χ3n) is 5.44. The van der Waals surface area contributed by atoms with E-state index in [-0.39, 0.29) is 16.4 Å². The number of amides is 2. The van der Waals surface area contributed by atoms with Crippen molar-refractivity contribution >= 4 is 35.2 Å². The van der Waals surface area contributed by atoms with Gasteiger partial charge in [-0.15, -0.1) is 5.10 Å². The highest BCUT2D eigenvalue weighted by molar-refractivity contribution is 6.31. The Hall–Kier alpha value is -3.55. The molecule has 0 aliphatic heterocycles. The van der Waals surface area contributed by atoms with Gasteiger partial charge in [0, 0.05) is 15.6 Å². The fraction of sp³-hybridized carbons (Fsp3) is 0.304. The van der Waals surface area contributed by atoms with Crippen LogP contribution in [-0.2, 0) is 28.2 Å². The molecule has 0 saturated heterocycles. The Bertz CT molecular complexity index is 1380. The van der Waals surface area contributed by atoms with Crippen molar-refractivity contribution in [2.75, 3.05) is 6.61 Å². The van der Waals surface area contributed by atoms with E-state index in [1.807, 2.05) is 0 Å². The molecule has 10 nitrogen and oxygen atoms in total. The molecular weight excluding hydrogens is 554 g/mol. The Morgan fingerprint density at radius 1 is 1.16 bits per heavy atom. The summed E-state index contributed by atoms with van der Waals surface area (Å²) in [5, 5.41) is 16.8. The van der Waals surface area contributed by atoms with Crippen LogP contribution in [0.4, 0.5) is 18.0 Å². The average molecular weight is 576 g/mol. The zero-order valence-electron chi connectivity index (χ0n) is 19.7. The Morgan fingerprint density at radius 3 is 2.37 bits per heavy atom. The number of nitrogens with zero attached hydrogens (tertiary/aromatic N) is 3. The van der Waals surface area contributed by atoms with E-state index < -0.39 is 55.2 Å². The van der Waals surface area contributed by atoms with Gasteiger partial charge in [-0.3, -0.25) is 9.36 Å². The third-order valence-corrected chi connectivity index (χ3v) is 6.02. The predicted molar refractivity (Wildman–Crippen MR) is 131 cm³/mol. The SMILES string of the molecule is CC(COC(N)=O)(NC(=O)Cn1nc(-c2ccc(Cl)cc2)n(C[C@@H](O)C(F)(F)F)c1=O)c1ccccc1Cl. The number of carbonyl (C=O) groups excluding carboxylic acids is 2. The molecular formula is C23H22Cl2F3N5O5. The molecule has 15 heteroatoms. The standard InChI is InChI=1S/C23H22Cl2F3N5O5/c1-22(12-38-20(29)36,15-4-2-3-5-16(15)25)30-18(35)11-33-21(37)32(10-17(34)23(26,27)28)19(31-33)13-6-8-14(24)9-7-13/h2-9,17,34H,10-12H2,1H3,(H2,29,36)(H,30,35)/t17-,22?/m1/s1. The Morgan fingerprint density at radius 2 is 1.79 bits per heavy atom. The maximum absolute atomic E-state index is 13.0. The molecule has 1 heterocycles. The predicted octanol–water partition coefficient (Wildman–Crippen LogP) is 3.07. The van der Waals surface area contributed by atoms with Crippen LogP contribution in [0.5, 0.6) is 0 Å². The first-order chi connectivity index (χ1) is 17.7. The molecule has 0 saturated carbocycles. The molecule has 0 spiro atoms. The van der Waals surface area contributed by atoms with Crippen LogP contribution in [0.1, 0.15) is 12.5 Å². The molecule has 0 fully saturated rings. The number of benzene rings is 2. The van der Waals surface area contributed by atoms with E-state index in [9.17, 15) is 32.7 Å². The number of nitrogens with one attached hydrogen (secondary N) is 1. The minimum atomic E-state index is -5.01. The highest BCUT2D eigenvalue weighted by atomic mass is 35.5. The maximum Gasteiger partial charge on any atom is 0.416 e. The summed E-state index contributed by atoms with van der Waals surface area (Å²) >= 11 is 12.1. The average Bonchev–Trinajstić information content (AvgIpc) is 3.12. The number of halogens is 5. The number of rotatable bonds is 9. The molecule has 1 aromatic heterocycles. The second-order valence-corrected chi connectivity index (χ2v) is 9.25. The van der Waals surface area contributed by atoms with E-state index in [4.69, 9.17) is 33.7 Å². The molecule has 3 aromatic rings. The molecule has 2 amide bonds. The van der Waals surface area contributed by atoms with E-state index in [0.717, 1.165) is 0 Å². The van der Waals surface area contributed by atoms with Gasteiger partial charge in [0.25, 0.3) is 0 Å². The topological polar surface area (TPSA) is 141 Å². The zero-order valence-corrected chi connectivity index (χ0v) is 21.2. The van der Waals surface area contributed by atoms with Crippen LogP contribution in [0, 0.1) is 0 Å². The van der Waals surface area contributed by atoms with Gasteiger partial charge in [0.15, 0.2) is 11.9 Å². The Labute approximate surface area is 223 Å². The van der Waals surface area contributed by atoms with Crippen molar-refractivity contribution in [3.8, 4) is 11.4 Å². The maximum atomic E-state index is 13.0. The second kappa shape index (κ2) is 11.5. The summed E-state index contributed by atoms with van der Waals surface area (Å²) in [5.74, 6) is -1.04. The van der Waals surface area contributed by atoms with E-state index in [1.54, 1.807) is 24.3 Å². The highest BCUT2D eigenvalue weighted by Gasteiger charge is 2.39. The minimum Gasteiger partial charge on any atom is -0.447 e. The van der Waals surface area contributed by atoms with Crippen molar-refractivity contribution in [3.05, 3.63) is 74.6 Å². The van der Waals surface area contributed by atoms with Crippen molar-refractivity contribution < 1.29 is 32.6 Å². The van der Waals surface area contributed by atoms with Crippen LogP contribution in [0.2, 0.25) is 10.0 Å². The summed E-state index contributed by atoms with van der Waals surface area (Å²) in [6, 6.07) is 12.1. The largest absolute Gasteiger partial charge is 0.447 e. The van der Waals surface area contributed by atoms with Crippen LogP contribution < -0.4 is 16.7 Å². The molecule has 0 radical (unpaired) electrons. The van der Waals surface area contributed by atoms with Crippen molar-refractivity contribution in [2.45, 2.75) is 37.8 Å². The number of hydrogen-bond acceptors (Lipinski definition) is 6. The van der Waals surface area contributed by atoms with E-state index in [2.05, 4.69) is 10.4 Å². The summed E-state index contributed by atoms with van der Waals surface area (Å²) in [6.07, 6.45) is -8.98. The number of hydrogen-bond donors (Lipinski definition) is 3. The van der Waals surface area contributed by atoms with Crippen LogP contribution in [0.3, 0.4) is 0 Å². The van der Waals surface area contributed by atoms with Gasteiger partial charge < -0.3 is 20.9 Å². The van der Waals surface area contributed by atoms with Gasteiger partial charge in [-0.25, -0.2) is 14.3 Å². The van der Waals surface area contributed by atoms with Gasteiger partial charge in [0.2, 0.25) is 5.91 Å². The lowest BCUT2D eigenvalue weighted by Crippen LogP contribution is -2.49. The number of carbonyl (C=O) groups is 2. The van der Waals surface area contributed by atoms with E-state index in [0.29, 0.717) is 19.8 Å². The Balaban J connectivity index is 1.96. The molecule has 0 aliphatic carbocycles. The van der Waals surface area contributed by atoms with Crippen molar-refractivity contribution in [1.82, 2.24) is 19.7 Å². The number of alkyl halides is 3. The monoisotopic (exact) mass is 575 g/mol. The summed E-state index contributed by atoms with van der Waals surface area (Å²) in [4.78, 5) is 37.2. The van der Waals surface area contributed by atoms with Crippen molar-refractivity contribution in [1.29, 1.82) is 0 Å². The molecule has 0 bridgehead atoms. The first-order valence-electron chi connectivity index (χ1n) is 10.9. The number of aromatic nitrogens is 3. The highest BCUT2D eigenvalue weighted by Crippen LogP contribution is 2.29. The normalized spacial score (nSPS) is 14.0. The molecule has 2 aromatic carbocycles. The van der Waals surface area contributed by atoms with Gasteiger partial charge in [-0.2, -0.15) is 13.2 Å². The smallest absolute Gasteiger partial charge is 0.416 e. The number of aliphatic hydroxyl groups is 1. The van der Waals surface area contributed by atoms with Gasteiger partial charge in [0.05, 0.1) is 12.1 Å². The Kier molecular flexibility index (Phi) is 8.75. The van der Waals surface area contributed by atoms with E-state index in [1.165, 1.54) is 31.2 Å². The summed E-state index contributed by atoms with van der Waals surface area (Å²) in [7, 11) is 0. The lowest BCUT2D eigenvalue weighted by molar-refractivity contribution is -0.207. The fourth-order valence-corrected chi connectivity index (χ4v) is 4.06. The van der Waals surface area contributed by atoms with E-state index >= 15 is 0 Å². The lowest BCUT2D eigenvalue weighted by Gasteiger charge is -2.31. The van der Waals surface area contributed by atoms with Crippen LogP contribution in [0.15, 0.2) is 53.3 Å². The van der Waals surface area contributed by atoms with Crippen LogP contribution >= 0.6 is 23.2 Å². The number of ether oxygens (including phenoxy) is 1. The second-order valence-electron chi connectivity index (χ2n) is 8.41. The number of primary amides is 1. The summed E-state index contributed by atoms with van der Waals surface area (Å²) < 4.78 is 45.3. The summed E-state index contributed by atoms with van der Waals surface area (Å²) in [5.41, 5.74) is 3.17. The zero-order chi connectivity index (χ0) is 28.3. The van der Waals surface area contributed by atoms with Gasteiger partial charge >= 0.3 is 18.0 Å². The molecule has 204 valence electrons. The molecule has 0 aliphatic rings. The lowest BCUT2D eigenvalue weighted by atomic mass is 9.92. The quantitative estimate of drug-likeness (QED) is 0.358.